The molecule has 2 aromatic rings. The molecule has 0 aromatic heterocycles. The number of hydrogen-bond donors (Lipinski definition) is 1. The molecule has 4 nitrogen and oxygen atoms in total. The standard InChI is InChI=1S/C10H9NO3.C6H6/c1-7(12)14-10-5-3-2-4-8(10)9(13)6-11;1-2-4-6-5-3-1/h2-5,9,13H,1H3;1-6H. The van der Waals surface area contributed by atoms with Crippen LogP contribution in [0.15, 0.2) is 60.7 Å². The largest absolute Gasteiger partial charge is 0.426 e. The smallest absolute Gasteiger partial charge is 0.308 e. The van der Waals surface area contributed by atoms with Crippen molar-refractivity contribution in [3.63, 3.8) is 0 Å². The highest BCUT2D eigenvalue weighted by atomic mass is 16.5. The zero-order valence-electron chi connectivity index (χ0n) is 11.1. The molecule has 4 heteroatoms. The van der Waals surface area contributed by atoms with E-state index in [9.17, 15) is 9.90 Å². The predicted octanol–water partition coefficient (Wildman–Crippen LogP) is 2.86. The van der Waals surface area contributed by atoms with Gasteiger partial charge in [-0.15, -0.1) is 0 Å². The van der Waals surface area contributed by atoms with E-state index in [-0.39, 0.29) is 5.75 Å². The van der Waals surface area contributed by atoms with Gasteiger partial charge in [-0.1, -0.05) is 54.6 Å². The molecular weight excluding hydrogens is 254 g/mol. The molecule has 0 bridgehead atoms. The van der Waals surface area contributed by atoms with Crippen LogP contribution in [0.25, 0.3) is 0 Å². The van der Waals surface area contributed by atoms with Crippen LogP contribution >= 0.6 is 0 Å². The molecule has 102 valence electrons. The molecular formula is C16H15NO3. The van der Waals surface area contributed by atoms with Gasteiger partial charge in [-0.2, -0.15) is 5.26 Å². The van der Waals surface area contributed by atoms with Gasteiger partial charge < -0.3 is 9.84 Å². The van der Waals surface area contributed by atoms with E-state index in [1.165, 1.54) is 19.1 Å². The minimum Gasteiger partial charge on any atom is -0.426 e. The summed E-state index contributed by atoms with van der Waals surface area (Å²) < 4.78 is 4.82. The number of esters is 1. The molecule has 1 N–H and O–H groups in total. The number of aliphatic hydroxyl groups is 1. The van der Waals surface area contributed by atoms with Gasteiger partial charge in [0.1, 0.15) is 5.75 Å². The fourth-order valence-corrected chi connectivity index (χ4v) is 1.41. The average Bonchev–Trinajstić information content (AvgIpc) is 2.49. The second-order valence-corrected chi connectivity index (χ2v) is 3.82. The summed E-state index contributed by atoms with van der Waals surface area (Å²) in [5.74, 6) is -0.267. The molecule has 1 atom stereocenters. The quantitative estimate of drug-likeness (QED) is 0.517. The first kappa shape index (κ1) is 15.4. The Hall–Kier alpha value is -2.64. The van der Waals surface area contributed by atoms with E-state index in [0.717, 1.165) is 0 Å². The van der Waals surface area contributed by atoms with Gasteiger partial charge in [0.05, 0.1) is 6.07 Å². The number of rotatable bonds is 2. The molecule has 0 saturated heterocycles. The summed E-state index contributed by atoms with van der Waals surface area (Å²) in [4.78, 5) is 10.7. The van der Waals surface area contributed by atoms with Gasteiger partial charge in [-0.3, -0.25) is 4.79 Å². The number of para-hydroxylation sites is 1. The second-order valence-electron chi connectivity index (χ2n) is 3.82. The molecule has 0 aliphatic carbocycles. The van der Waals surface area contributed by atoms with Gasteiger partial charge in [0, 0.05) is 12.5 Å². The first-order valence-electron chi connectivity index (χ1n) is 6.00. The van der Waals surface area contributed by atoms with Crippen molar-refractivity contribution in [1.29, 1.82) is 5.26 Å². The first-order valence-corrected chi connectivity index (χ1v) is 6.00. The number of benzene rings is 2. The highest BCUT2D eigenvalue weighted by Crippen LogP contribution is 2.24. The fourth-order valence-electron chi connectivity index (χ4n) is 1.41. The van der Waals surface area contributed by atoms with Crippen LogP contribution in [0.2, 0.25) is 0 Å². The van der Waals surface area contributed by atoms with Crippen LogP contribution in [0.4, 0.5) is 0 Å². The number of nitriles is 1. The van der Waals surface area contributed by atoms with Crippen molar-refractivity contribution in [1.82, 2.24) is 0 Å². The van der Waals surface area contributed by atoms with E-state index in [1.54, 1.807) is 18.2 Å². The highest BCUT2D eigenvalue weighted by molar-refractivity contribution is 5.69. The third-order valence-corrected chi connectivity index (χ3v) is 2.26. The van der Waals surface area contributed by atoms with Gasteiger partial charge in [-0.05, 0) is 6.07 Å². The van der Waals surface area contributed by atoms with Crippen LogP contribution in [0, 0.1) is 11.3 Å². The first-order chi connectivity index (χ1) is 9.65. The number of aliphatic hydroxyl groups excluding tert-OH is 1. The van der Waals surface area contributed by atoms with E-state index < -0.39 is 12.1 Å². The number of carbonyl (C=O) groups excluding carboxylic acids is 1. The molecule has 2 rings (SSSR count). The SMILES string of the molecule is CC(=O)Oc1ccccc1C(O)C#N.c1ccccc1. The molecule has 0 aliphatic rings. The third kappa shape index (κ3) is 5.34. The highest BCUT2D eigenvalue weighted by Gasteiger charge is 2.12. The maximum Gasteiger partial charge on any atom is 0.308 e. The van der Waals surface area contributed by atoms with E-state index >= 15 is 0 Å². The molecule has 0 aliphatic heterocycles. The Morgan fingerprint density at radius 2 is 1.60 bits per heavy atom. The summed E-state index contributed by atoms with van der Waals surface area (Å²) in [6.45, 7) is 1.26. The van der Waals surface area contributed by atoms with Crippen LogP contribution < -0.4 is 4.74 Å². The van der Waals surface area contributed by atoms with Crippen molar-refractivity contribution in [3.05, 3.63) is 66.2 Å². The summed E-state index contributed by atoms with van der Waals surface area (Å²) >= 11 is 0. The molecule has 2 aromatic carbocycles. The Balaban J connectivity index is 0.000000276. The Labute approximate surface area is 117 Å². The monoisotopic (exact) mass is 269 g/mol. The van der Waals surface area contributed by atoms with Crippen LogP contribution in [0.3, 0.4) is 0 Å². The molecule has 0 amide bonds. The minimum absolute atomic E-state index is 0.217. The van der Waals surface area contributed by atoms with Crippen LogP contribution in [0.5, 0.6) is 5.75 Å². The number of hydrogen-bond acceptors (Lipinski definition) is 4. The fraction of sp³-hybridized carbons (Fsp3) is 0.125. The Morgan fingerprint density at radius 1 is 1.10 bits per heavy atom. The molecule has 0 saturated carbocycles. The Kier molecular flexibility index (Phi) is 6.52. The third-order valence-electron chi connectivity index (χ3n) is 2.26. The van der Waals surface area contributed by atoms with Gasteiger partial charge in [-0.25, -0.2) is 0 Å². The van der Waals surface area contributed by atoms with E-state index in [4.69, 9.17) is 10.00 Å². The van der Waals surface area contributed by atoms with Crippen LogP contribution in [-0.4, -0.2) is 11.1 Å². The van der Waals surface area contributed by atoms with Gasteiger partial charge in [0.25, 0.3) is 0 Å². The van der Waals surface area contributed by atoms with E-state index in [0.29, 0.717) is 5.56 Å². The topological polar surface area (TPSA) is 70.3 Å². The summed E-state index contributed by atoms with van der Waals surface area (Å²) in [6, 6.07) is 20.0. The lowest BCUT2D eigenvalue weighted by atomic mass is 10.1. The molecule has 1 unspecified atom stereocenters. The lowest BCUT2D eigenvalue weighted by Gasteiger charge is -2.08. The second kappa shape index (κ2) is 8.46. The Morgan fingerprint density at radius 3 is 2.05 bits per heavy atom. The predicted molar refractivity (Wildman–Crippen MR) is 74.8 cm³/mol. The lowest BCUT2D eigenvalue weighted by molar-refractivity contribution is -0.131. The van der Waals surface area contributed by atoms with E-state index in [1.807, 2.05) is 36.4 Å². The van der Waals surface area contributed by atoms with Crippen LogP contribution in [0.1, 0.15) is 18.6 Å². The zero-order valence-corrected chi connectivity index (χ0v) is 11.1. The maximum atomic E-state index is 10.7. The maximum absolute atomic E-state index is 10.7. The van der Waals surface area contributed by atoms with Crippen LogP contribution in [-0.2, 0) is 4.79 Å². The van der Waals surface area contributed by atoms with Crippen molar-refractivity contribution in [2.75, 3.05) is 0 Å². The number of carbonyl (C=O) groups is 1. The van der Waals surface area contributed by atoms with Gasteiger partial charge in [0.15, 0.2) is 6.10 Å². The van der Waals surface area contributed by atoms with Crippen molar-refractivity contribution >= 4 is 5.97 Å². The average molecular weight is 269 g/mol. The number of nitrogens with zero attached hydrogens (tertiary/aromatic N) is 1. The van der Waals surface area contributed by atoms with Crippen molar-refractivity contribution in [2.45, 2.75) is 13.0 Å². The normalized spacial score (nSPS) is 10.4. The molecule has 0 radical (unpaired) electrons. The van der Waals surface area contributed by atoms with Gasteiger partial charge in [0.2, 0.25) is 0 Å². The van der Waals surface area contributed by atoms with Gasteiger partial charge >= 0.3 is 5.97 Å². The van der Waals surface area contributed by atoms with Crippen molar-refractivity contribution in [3.8, 4) is 11.8 Å². The summed E-state index contributed by atoms with van der Waals surface area (Å²) in [7, 11) is 0. The minimum atomic E-state index is -1.27. The Bertz CT molecular complexity index is 549. The molecule has 0 fully saturated rings. The van der Waals surface area contributed by atoms with E-state index in [2.05, 4.69) is 0 Å². The molecule has 20 heavy (non-hydrogen) atoms. The summed E-state index contributed by atoms with van der Waals surface area (Å²) in [5.41, 5.74) is 0.296. The summed E-state index contributed by atoms with van der Waals surface area (Å²) in [6.07, 6.45) is -1.27. The zero-order chi connectivity index (χ0) is 14.8. The molecule has 0 spiro atoms. The summed E-state index contributed by atoms with van der Waals surface area (Å²) in [5, 5.41) is 17.8. The van der Waals surface area contributed by atoms with Crippen molar-refractivity contribution < 1.29 is 14.6 Å². The lowest BCUT2D eigenvalue weighted by Crippen LogP contribution is -2.05. The molecule has 0 heterocycles. The number of ether oxygens (including phenoxy) is 1. The van der Waals surface area contributed by atoms with Crippen molar-refractivity contribution in [2.24, 2.45) is 0 Å².